The number of rotatable bonds is 3. The minimum atomic E-state index is -0.463. The van der Waals surface area contributed by atoms with E-state index in [-0.39, 0.29) is 29.7 Å². The van der Waals surface area contributed by atoms with Crippen molar-refractivity contribution in [3.05, 3.63) is 22.4 Å². The summed E-state index contributed by atoms with van der Waals surface area (Å²) >= 11 is 1.37. The van der Waals surface area contributed by atoms with Gasteiger partial charge in [0, 0.05) is 12.6 Å². The lowest BCUT2D eigenvalue weighted by Gasteiger charge is -2.36. The number of carbonyl (C=O) groups is 3. The van der Waals surface area contributed by atoms with Crippen LogP contribution in [-0.2, 0) is 9.59 Å². The van der Waals surface area contributed by atoms with Crippen LogP contribution < -0.4 is 10.6 Å². The van der Waals surface area contributed by atoms with Crippen LogP contribution in [0, 0.1) is 5.92 Å². The highest BCUT2D eigenvalue weighted by Crippen LogP contribution is 2.25. The molecule has 6 nitrogen and oxygen atoms in total. The lowest BCUT2D eigenvalue weighted by atomic mass is 9.98. The van der Waals surface area contributed by atoms with Crippen LogP contribution in [0.25, 0.3) is 0 Å². The summed E-state index contributed by atoms with van der Waals surface area (Å²) in [7, 11) is 0. The molecule has 3 heterocycles. The fourth-order valence-corrected chi connectivity index (χ4v) is 3.67. The Morgan fingerprint density at radius 2 is 2.23 bits per heavy atom. The molecule has 2 fully saturated rings. The van der Waals surface area contributed by atoms with Gasteiger partial charge < -0.3 is 15.5 Å². The van der Waals surface area contributed by atoms with Crippen molar-refractivity contribution < 1.29 is 14.4 Å². The molecule has 2 N–H and O–H groups in total. The summed E-state index contributed by atoms with van der Waals surface area (Å²) in [5.41, 5.74) is 0. The first-order valence-corrected chi connectivity index (χ1v) is 8.30. The van der Waals surface area contributed by atoms with E-state index in [1.807, 2.05) is 25.3 Å². The zero-order valence-electron chi connectivity index (χ0n) is 12.5. The Hall–Kier alpha value is -1.89. The standard InChI is InChI=1S/C15H19N3O3S/c1-8(2)12-15(21)18-7-9(6-10(18)13(19)17-12)16-14(20)11-4-3-5-22-11/h3-5,8-10,12H,6-7H2,1-2H3,(H,16,20)(H,17,19)/t9-,10-,12-/m0/s1. The molecule has 0 spiro atoms. The summed E-state index contributed by atoms with van der Waals surface area (Å²) in [4.78, 5) is 39.0. The lowest BCUT2D eigenvalue weighted by molar-refractivity contribution is -0.148. The summed E-state index contributed by atoms with van der Waals surface area (Å²) in [6.07, 6.45) is 0.472. The number of thiophene rings is 1. The molecule has 22 heavy (non-hydrogen) atoms. The van der Waals surface area contributed by atoms with E-state index in [1.54, 1.807) is 11.0 Å². The van der Waals surface area contributed by atoms with Gasteiger partial charge in [-0.2, -0.15) is 0 Å². The molecule has 2 aliphatic heterocycles. The molecule has 3 amide bonds. The van der Waals surface area contributed by atoms with Crippen molar-refractivity contribution >= 4 is 29.1 Å². The number of amides is 3. The molecular weight excluding hydrogens is 302 g/mol. The molecule has 2 aliphatic rings. The molecule has 0 aromatic carbocycles. The smallest absolute Gasteiger partial charge is 0.261 e. The van der Waals surface area contributed by atoms with Crippen molar-refractivity contribution in [2.45, 2.75) is 38.4 Å². The van der Waals surface area contributed by atoms with Gasteiger partial charge in [-0.05, 0) is 23.8 Å². The maximum absolute atomic E-state index is 12.5. The first-order chi connectivity index (χ1) is 10.5. The second-order valence-electron chi connectivity index (χ2n) is 6.12. The number of nitrogens with one attached hydrogen (secondary N) is 2. The van der Waals surface area contributed by atoms with Crippen LogP contribution in [-0.4, -0.2) is 47.3 Å². The Morgan fingerprint density at radius 1 is 1.45 bits per heavy atom. The third-order valence-electron chi connectivity index (χ3n) is 4.20. The van der Waals surface area contributed by atoms with E-state index in [4.69, 9.17) is 0 Å². The summed E-state index contributed by atoms with van der Waals surface area (Å²) in [5, 5.41) is 7.56. The molecule has 0 aliphatic carbocycles. The predicted octanol–water partition coefficient (Wildman–Crippen LogP) is 0.602. The highest BCUT2D eigenvalue weighted by atomic mass is 32.1. The molecule has 3 rings (SSSR count). The Bertz CT molecular complexity index is 599. The fourth-order valence-electron chi connectivity index (χ4n) is 3.04. The van der Waals surface area contributed by atoms with Crippen molar-refractivity contribution in [1.29, 1.82) is 0 Å². The second kappa shape index (κ2) is 5.72. The van der Waals surface area contributed by atoms with Crippen LogP contribution in [0.4, 0.5) is 0 Å². The van der Waals surface area contributed by atoms with E-state index in [1.165, 1.54) is 11.3 Å². The number of nitrogens with zero attached hydrogens (tertiary/aromatic N) is 1. The van der Waals surface area contributed by atoms with Crippen LogP contribution in [0.15, 0.2) is 17.5 Å². The third kappa shape index (κ3) is 2.61. The molecule has 118 valence electrons. The van der Waals surface area contributed by atoms with Gasteiger partial charge in [0.15, 0.2) is 0 Å². The highest BCUT2D eigenvalue weighted by molar-refractivity contribution is 7.12. The van der Waals surface area contributed by atoms with E-state index in [0.29, 0.717) is 17.8 Å². The summed E-state index contributed by atoms with van der Waals surface area (Å²) in [5.74, 6) is -0.260. The topological polar surface area (TPSA) is 78.5 Å². The van der Waals surface area contributed by atoms with Gasteiger partial charge in [0.1, 0.15) is 12.1 Å². The highest BCUT2D eigenvalue weighted by Gasteiger charge is 2.47. The number of hydrogen-bond acceptors (Lipinski definition) is 4. The lowest BCUT2D eigenvalue weighted by Crippen LogP contribution is -2.62. The van der Waals surface area contributed by atoms with Gasteiger partial charge in [-0.3, -0.25) is 14.4 Å². The van der Waals surface area contributed by atoms with Gasteiger partial charge in [0.25, 0.3) is 5.91 Å². The van der Waals surface area contributed by atoms with E-state index < -0.39 is 12.1 Å². The van der Waals surface area contributed by atoms with Crippen molar-refractivity contribution in [3.63, 3.8) is 0 Å². The minimum Gasteiger partial charge on any atom is -0.347 e. The van der Waals surface area contributed by atoms with Gasteiger partial charge in [0.05, 0.1) is 4.88 Å². The molecule has 0 bridgehead atoms. The first kappa shape index (κ1) is 15.0. The summed E-state index contributed by atoms with van der Waals surface area (Å²) in [6, 6.07) is 2.48. The largest absolute Gasteiger partial charge is 0.347 e. The number of carbonyl (C=O) groups excluding carboxylic acids is 3. The third-order valence-corrected chi connectivity index (χ3v) is 5.07. The van der Waals surface area contributed by atoms with Crippen LogP contribution >= 0.6 is 11.3 Å². The summed E-state index contributed by atoms with van der Waals surface area (Å²) < 4.78 is 0. The van der Waals surface area contributed by atoms with E-state index in [9.17, 15) is 14.4 Å². The minimum absolute atomic E-state index is 0.0486. The second-order valence-corrected chi connectivity index (χ2v) is 7.07. The van der Waals surface area contributed by atoms with Crippen LogP contribution in [0.5, 0.6) is 0 Å². The molecule has 0 radical (unpaired) electrons. The maximum Gasteiger partial charge on any atom is 0.261 e. The molecule has 0 saturated carbocycles. The Labute approximate surface area is 132 Å². The molecular formula is C15H19N3O3S. The van der Waals surface area contributed by atoms with Crippen molar-refractivity contribution in [2.75, 3.05) is 6.54 Å². The number of fused-ring (bicyclic) bond motifs is 1. The van der Waals surface area contributed by atoms with Crippen molar-refractivity contribution in [2.24, 2.45) is 5.92 Å². The van der Waals surface area contributed by atoms with Crippen LogP contribution in [0.2, 0.25) is 0 Å². The Kier molecular flexibility index (Phi) is 3.90. The van der Waals surface area contributed by atoms with Gasteiger partial charge in [-0.1, -0.05) is 19.9 Å². The Morgan fingerprint density at radius 3 is 2.86 bits per heavy atom. The zero-order valence-corrected chi connectivity index (χ0v) is 13.4. The number of hydrogen-bond donors (Lipinski definition) is 2. The zero-order chi connectivity index (χ0) is 15.9. The average molecular weight is 321 g/mol. The molecule has 7 heteroatoms. The van der Waals surface area contributed by atoms with E-state index >= 15 is 0 Å². The SMILES string of the molecule is CC(C)[C@@H]1NC(=O)[C@@H]2C[C@H](NC(=O)c3cccs3)CN2C1=O. The maximum atomic E-state index is 12.5. The molecule has 3 atom stereocenters. The average Bonchev–Trinajstić information content (AvgIpc) is 3.11. The first-order valence-electron chi connectivity index (χ1n) is 7.42. The van der Waals surface area contributed by atoms with Gasteiger partial charge in [-0.25, -0.2) is 0 Å². The van der Waals surface area contributed by atoms with Gasteiger partial charge >= 0.3 is 0 Å². The van der Waals surface area contributed by atoms with Crippen molar-refractivity contribution in [1.82, 2.24) is 15.5 Å². The summed E-state index contributed by atoms with van der Waals surface area (Å²) in [6.45, 7) is 4.22. The van der Waals surface area contributed by atoms with E-state index in [2.05, 4.69) is 10.6 Å². The van der Waals surface area contributed by atoms with Gasteiger partial charge in [0.2, 0.25) is 11.8 Å². The monoisotopic (exact) mass is 321 g/mol. The molecule has 2 saturated heterocycles. The van der Waals surface area contributed by atoms with Crippen LogP contribution in [0.1, 0.15) is 29.9 Å². The van der Waals surface area contributed by atoms with Crippen molar-refractivity contribution in [3.8, 4) is 0 Å². The van der Waals surface area contributed by atoms with Crippen LogP contribution in [0.3, 0.4) is 0 Å². The molecule has 0 unspecified atom stereocenters. The number of piperazine rings is 1. The van der Waals surface area contributed by atoms with Gasteiger partial charge in [-0.15, -0.1) is 11.3 Å². The molecule has 1 aromatic rings. The fraction of sp³-hybridized carbons (Fsp3) is 0.533. The Balaban J connectivity index is 1.69. The normalized spacial score (nSPS) is 27.8. The van der Waals surface area contributed by atoms with E-state index in [0.717, 1.165) is 0 Å². The molecule has 1 aromatic heterocycles. The predicted molar refractivity (Wildman–Crippen MR) is 82.5 cm³/mol. The quantitative estimate of drug-likeness (QED) is 0.856.